The summed E-state index contributed by atoms with van der Waals surface area (Å²) in [6, 6.07) is 7.66. The van der Waals surface area contributed by atoms with Crippen LogP contribution < -0.4 is 15.4 Å². The maximum atomic E-state index is 12.2. The van der Waals surface area contributed by atoms with Crippen LogP contribution in [0.3, 0.4) is 0 Å². The lowest BCUT2D eigenvalue weighted by Crippen LogP contribution is -2.51. The Morgan fingerprint density at radius 2 is 2.00 bits per heavy atom. The van der Waals surface area contributed by atoms with Gasteiger partial charge in [0.2, 0.25) is 5.91 Å². The third-order valence-electron chi connectivity index (χ3n) is 4.08. The first-order chi connectivity index (χ1) is 12.4. The summed E-state index contributed by atoms with van der Waals surface area (Å²) in [5.74, 6) is 2.62. The van der Waals surface area contributed by atoms with Crippen LogP contribution in [0.5, 0.6) is 5.75 Å². The number of methoxy groups -OCH3 is 1. The van der Waals surface area contributed by atoms with Crippen molar-refractivity contribution in [1.82, 2.24) is 15.5 Å². The summed E-state index contributed by atoms with van der Waals surface area (Å²) in [6.07, 6.45) is 0. The molecule has 1 aromatic carbocycles. The van der Waals surface area contributed by atoms with Crippen molar-refractivity contribution in [3.63, 3.8) is 0 Å². The van der Waals surface area contributed by atoms with Crippen molar-refractivity contribution in [3.05, 3.63) is 29.8 Å². The Morgan fingerprint density at radius 1 is 1.30 bits per heavy atom. The minimum atomic E-state index is -0.0816. The zero-order valence-corrected chi connectivity index (χ0v) is 19.7. The zero-order chi connectivity index (χ0) is 19.0. The first-order valence-electron chi connectivity index (χ1n) is 9.00. The third-order valence-corrected chi connectivity index (χ3v) is 5.38. The number of aliphatic imine (C=N–C) groups is 1. The van der Waals surface area contributed by atoms with Crippen LogP contribution in [0.4, 0.5) is 0 Å². The van der Waals surface area contributed by atoms with Gasteiger partial charge in [0.05, 0.1) is 7.11 Å². The highest BCUT2D eigenvalue weighted by molar-refractivity contribution is 14.0. The van der Waals surface area contributed by atoms with Gasteiger partial charge in [0.1, 0.15) is 12.3 Å². The molecular weight excluding hydrogens is 475 g/mol. The topological polar surface area (TPSA) is 66.0 Å². The van der Waals surface area contributed by atoms with Gasteiger partial charge in [-0.2, -0.15) is 11.8 Å². The number of carbonyl (C=O) groups excluding carboxylic acids is 1. The summed E-state index contributed by atoms with van der Waals surface area (Å²) in [7, 11) is 1.64. The number of thioether (sulfide) groups is 1. The molecule has 1 fully saturated rings. The molecule has 0 radical (unpaired) electrons. The molecule has 0 atom stereocenters. The molecule has 27 heavy (non-hydrogen) atoms. The van der Waals surface area contributed by atoms with E-state index in [2.05, 4.69) is 34.4 Å². The molecule has 8 heteroatoms. The summed E-state index contributed by atoms with van der Waals surface area (Å²) in [6.45, 7) is 9.82. The van der Waals surface area contributed by atoms with E-state index in [1.165, 1.54) is 0 Å². The number of benzene rings is 1. The van der Waals surface area contributed by atoms with E-state index in [1.807, 2.05) is 43.0 Å². The largest absolute Gasteiger partial charge is 0.497 e. The van der Waals surface area contributed by atoms with Crippen LogP contribution in [-0.4, -0.2) is 60.6 Å². The Labute approximate surface area is 183 Å². The number of amides is 1. The van der Waals surface area contributed by atoms with Crippen LogP contribution in [-0.2, 0) is 11.3 Å². The summed E-state index contributed by atoms with van der Waals surface area (Å²) in [4.78, 5) is 18.9. The standard InChI is InChI=1S/C19H30N4O2S.HI/c1-5-20-18(23-10-11-26-19(2,3)14-23)22-13-17(24)21-12-15-6-8-16(25-4)9-7-15;/h6-9H,5,10-14H2,1-4H3,(H,20,22)(H,21,24);1H. The molecule has 2 rings (SSSR count). The Morgan fingerprint density at radius 3 is 2.59 bits per heavy atom. The Kier molecular flexibility index (Phi) is 10.3. The fourth-order valence-electron chi connectivity index (χ4n) is 2.77. The number of nitrogens with zero attached hydrogens (tertiary/aromatic N) is 2. The predicted molar refractivity (Wildman–Crippen MR) is 124 cm³/mol. The lowest BCUT2D eigenvalue weighted by Gasteiger charge is -2.39. The second kappa shape index (κ2) is 11.6. The molecule has 1 aliphatic rings. The third kappa shape index (κ3) is 8.16. The number of nitrogens with one attached hydrogen (secondary N) is 2. The second-order valence-corrected chi connectivity index (χ2v) is 8.63. The summed E-state index contributed by atoms with van der Waals surface area (Å²) in [5.41, 5.74) is 1.03. The van der Waals surface area contributed by atoms with Gasteiger partial charge >= 0.3 is 0 Å². The molecule has 1 aromatic rings. The van der Waals surface area contributed by atoms with Crippen LogP contribution >= 0.6 is 35.7 Å². The summed E-state index contributed by atoms with van der Waals surface area (Å²) < 4.78 is 5.34. The molecular formula is C19H31IN4O2S. The normalized spacial score (nSPS) is 16.3. The van der Waals surface area contributed by atoms with Gasteiger partial charge in [-0.05, 0) is 38.5 Å². The van der Waals surface area contributed by atoms with Gasteiger partial charge in [-0.25, -0.2) is 4.99 Å². The molecule has 0 saturated carbocycles. The van der Waals surface area contributed by atoms with Crippen molar-refractivity contribution in [2.24, 2.45) is 4.99 Å². The molecule has 1 aliphatic heterocycles. The van der Waals surface area contributed by atoms with E-state index in [0.717, 1.165) is 42.7 Å². The maximum Gasteiger partial charge on any atom is 0.242 e. The minimum absolute atomic E-state index is 0. The highest BCUT2D eigenvalue weighted by atomic mass is 127. The Balaban J connectivity index is 0.00000364. The highest BCUT2D eigenvalue weighted by Gasteiger charge is 2.28. The first kappa shape index (κ1) is 23.9. The minimum Gasteiger partial charge on any atom is -0.497 e. The first-order valence-corrected chi connectivity index (χ1v) is 9.99. The van der Waals surface area contributed by atoms with Crippen LogP contribution in [0.1, 0.15) is 26.3 Å². The van der Waals surface area contributed by atoms with E-state index >= 15 is 0 Å². The second-order valence-electron chi connectivity index (χ2n) is 6.82. The van der Waals surface area contributed by atoms with Gasteiger partial charge in [0, 0.05) is 36.7 Å². The van der Waals surface area contributed by atoms with Gasteiger partial charge < -0.3 is 20.3 Å². The molecule has 2 N–H and O–H groups in total. The predicted octanol–water partition coefficient (Wildman–Crippen LogP) is 2.72. The van der Waals surface area contributed by atoms with Gasteiger partial charge in [0.25, 0.3) is 0 Å². The number of rotatable bonds is 6. The molecule has 1 saturated heterocycles. The number of hydrogen-bond donors (Lipinski definition) is 2. The molecule has 6 nitrogen and oxygen atoms in total. The van der Waals surface area contributed by atoms with Crippen molar-refractivity contribution in [2.75, 3.05) is 39.0 Å². The van der Waals surface area contributed by atoms with Crippen LogP contribution in [0.15, 0.2) is 29.3 Å². The van der Waals surface area contributed by atoms with Crippen LogP contribution in [0.2, 0.25) is 0 Å². The molecule has 1 amide bonds. The van der Waals surface area contributed by atoms with Gasteiger partial charge in [-0.1, -0.05) is 12.1 Å². The number of ether oxygens (including phenoxy) is 1. The van der Waals surface area contributed by atoms with E-state index in [-0.39, 0.29) is 41.2 Å². The van der Waals surface area contributed by atoms with Crippen molar-refractivity contribution in [2.45, 2.75) is 32.1 Å². The average molecular weight is 506 g/mol. The summed E-state index contributed by atoms with van der Waals surface area (Å²) in [5, 5.41) is 6.22. The van der Waals surface area contributed by atoms with E-state index in [0.29, 0.717) is 6.54 Å². The monoisotopic (exact) mass is 506 g/mol. The Bertz CT molecular complexity index is 623. The Hall–Kier alpha value is -1.16. The fourth-order valence-corrected chi connectivity index (χ4v) is 3.88. The lowest BCUT2D eigenvalue weighted by molar-refractivity contribution is -0.119. The van der Waals surface area contributed by atoms with Gasteiger partial charge in [-0.15, -0.1) is 24.0 Å². The van der Waals surface area contributed by atoms with E-state index in [1.54, 1.807) is 7.11 Å². The lowest BCUT2D eigenvalue weighted by atomic mass is 10.2. The van der Waals surface area contributed by atoms with Gasteiger partial charge in [-0.3, -0.25) is 4.79 Å². The van der Waals surface area contributed by atoms with Gasteiger partial charge in [0.15, 0.2) is 5.96 Å². The van der Waals surface area contributed by atoms with Crippen LogP contribution in [0.25, 0.3) is 0 Å². The zero-order valence-electron chi connectivity index (χ0n) is 16.6. The molecule has 0 bridgehead atoms. The van der Waals surface area contributed by atoms with Crippen molar-refractivity contribution in [1.29, 1.82) is 0 Å². The molecule has 1 heterocycles. The van der Waals surface area contributed by atoms with E-state index < -0.39 is 0 Å². The van der Waals surface area contributed by atoms with Crippen molar-refractivity contribution in [3.8, 4) is 5.75 Å². The number of halogens is 1. The fraction of sp³-hybridized carbons (Fsp3) is 0.579. The summed E-state index contributed by atoms with van der Waals surface area (Å²) >= 11 is 1.98. The molecule has 0 spiro atoms. The average Bonchev–Trinajstić information content (AvgIpc) is 2.63. The quantitative estimate of drug-likeness (QED) is 0.353. The molecule has 152 valence electrons. The maximum absolute atomic E-state index is 12.2. The SMILES string of the molecule is CCNC(=NCC(=O)NCc1ccc(OC)cc1)N1CCSC(C)(C)C1.I. The number of hydrogen-bond acceptors (Lipinski definition) is 4. The highest BCUT2D eigenvalue weighted by Crippen LogP contribution is 2.29. The molecule has 0 aromatic heterocycles. The van der Waals surface area contributed by atoms with E-state index in [9.17, 15) is 4.79 Å². The number of guanidine groups is 1. The van der Waals surface area contributed by atoms with Crippen molar-refractivity contribution >= 4 is 47.6 Å². The molecule has 0 unspecified atom stereocenters. The van der Waals surface area contributed by atoms with Crippen molar-refractivity contribution < 1.29 is 9.53 Å². The van der Waals surface area contributed by atoms with E-state index in [4.69, 9.17) is 4.74 Å². The van der Waals surface area contributed by atoms with Crippen LogP contribution in [0, 0.1) is 0 Å². The molecule has 0 aliphatic carbocycles. The smallest absolute Gasteiger partial charge is 0.242 e. The number of carbonyl (C=O) groups is 1.